The molecule has 0 spiro atoms. The number of rotatable bonds is 92. The summed E-state index contributed by atoms with van der Waals surface area (Å²) in [5.41, 5.74) is 38.6. The van der Waals surface area contributed by atoms with Crippen LogP contribution in [0.3, 0.4) is 0 Å². The molecule has 4 aliphatic rings. The minimum Gasteiger partial charge on any atom is -0.394 e. The van der Waals surface area contributed by atoms with Gasteiger partial charge < -0.3 is 125 Å². The maximum Gasteiger partial charge on any atom is 0.288 e. The lowest BCUT2D eigenvalue weighted by molar-refractivity contribution is -0.310. The number of nitrogens with two attached hydrogens (primary N) is 6. The van der Waals surface area contributed by atoms with Crippen molar-refractivity contribution in [3.05, 3.63) is 48.6 Å². The summed E-state index contributed by atoms with van der Waals surface area (Å²) in [6.07, 6.45) is 64.5. The predicted molar refractivity (Wildman–Crippen MR) is 576 cm³/mol. The van der Waals surface area contributed by atoms with E-state index in [1.807, 2.05) is 4.90 Å². The summed E-state index contributed by atoms with van der Waals surface area (Å²) < 4.78 is 36.7. The molecule has 7 unspecified atom stereocenters. The number of ether oxygens (including phenoxy) is 6. The van der Waals surface area contributed by atoms with Crippen LogP contribution in [0, 0.1) is 0 Å². The number of Topliss-reactive ketones (excluding diaryl/α,β-unsaturated/α-hetero) is 1. The normalized spacial score (nSPS) is 24.6. The average Bonchev–Trinajstić information content (AvgIpc) is 1.48. The van der Waals surface area contributed by atoms with Gasteiger partial charge in [-0.2, -0.15) is 0 Å². The summed E-state index contributed by atoms with van der Waals surface area (Å²) in [6.45, 7) is 11.2. The second-order valence-electron chi connectivity index (χ2n) is 42.1. The molecule has 0 radical (unpaired) electrons. The number of nitrogens with zero attached hydrogens (tertiary/aromatic N) is 2. The molecule has 4 fully saturated rings. The summed E-state index contributed by atoms with van der Waals surface area (Å²) >= 11 is 0. The number of carbonyl (C=O) groups is 6. The molecule has 1 aliphatic carbocycles. The minimum atomic E-state index is -1.82. The van der Waals surface area contributed by atoms with Crippen LogP contribution in [0.5, 0.6) is 0 Å². The van der Waals surface area contributed by atoms with E-state index in [4.69, 9.17) is 62.8 Å². The van der Waals surface area contributed by atoms with Gasteiger partial charge in [-0.1, -0.05) is 307 Å². The summed E-state index contributed by atoms with van der Waals surface area (Å²) in [6, 6.07) is -7.25. The zero-order valence-corrected chi connectivity index (χ0v) is 90.5. The maximum absolute atomic E-state index is 13.8. The summed E-state index contributed by atoms with van der Waals surface area (Å²) in [5, 5.41) is 90.1. The molecule has 23 N–H and O–H groups in total. The molecular weight excluding hydrogens is 1830 g/mol. The fourth-order valence-electron chi connectivity index (χ4n) is 19.6. The Bertz CT molecular complexity index is 3240. The van der Waals surface area contributed by atoms with Crippen LogP contribution in [0.4, 0.5) is 0 Å². The molecular formula is C113H212N12O19. The van der Waals surface area contributed by atoms with Crippen LogP contribution in [0.25, 0.3) is 0 Å². The number of carbonyl (C=O) groups excluding carboxylic acids is 6. The molecule has 838 valence electrons. The van der Waals surface area contributed by atoms with Crippen LogP contribution in [-0.2, 0) is 57.2 Å². The Kier molecular flexibility index (Phi) is 78.2. The average molecular weight is 2040 g/mol. The van der Waals surface area contributed by atoms with Gasteiger partial charge in [-0.25, -0.2) is 0 Å². The van der Waals surface area contributed by atoms with Crippen LogP contribution in [0.2, 0.25) is 0 Å². The van der Waals surface area contributed by atoms with Crippen molar-refractivity contribution < 1.29 is 92.9 Å². The maximum atomic E-state index is 13.8. The Labute approximate surface area is 870 Å². The Morgan fingerprint density at radius 1 is 0.354 bits per heavy atom. The summed E-state index contributed by atoms with van der Waals surface area (Å²) in [4.78, 5) is 84.9. The first-order valence-electron chi connectivity index (χ1n) is 58.3. The van der Waals surface area contributed by atoms with Crippen LogP contribution in [-0.4, -0.2) is 268 Å². The third kappa shape index (κ3) is 59.3. The van der Waals surface area contributed by atoms with Crippen LogP contribution in [0.1, 0.15) is 445 Å². The van der Waals surface area contributed by atoms with E-state index in [1.54, 1.807) is 0 Å². The van der Waals surface area contributed by atoms with Gasteiger partial charge in [-0.3, -0.25) is 33.7 Å². The quantitative estimate of drug-likeness (QED) is 0.0153. The molecule has 3 aliphatic heterocycles. The lowest BCUT2D eigenvalue weighted by Crippen LogP contribution is -2.69. The first-order valence-corrected chi connectivity index (χ1v) is 58.3. The van der Waals surface area contributed by atoms with Crippen molar-refractivity contribution >= 4 is 35.3 Å². The van der Waals surface area contributed by atoms with E-state index in [-0.39, 0.29) is 63.6 Å². The Morgan fingerprint density at radius 2 is 0.708 bits per heavy atom. The Balaban J connectivity index is 1.22. The zero-order chi connectivity index (χ0) is 105. The number of allylic oxidation sites excluding steroid dienone is 8. The molecule has 21 atom stereocenters. The molecule has 3 saturated heterocycles. The number of hydrogen-bond donors (Lipinski definition) is 17. The highest BCUT2D eigenvalue weighted by Gasteiger charge is 2.55. The van der Waals surface area contributed by atoms with Crippen LogP contribution < -0.4 is 55.7 Å². The highest BCUT2D eigenvalue weighted by atomic mass is 16.8. The third-order valence-corrected chi connectivity index (χ3v) is 29.1. The highest BCUT2D eigenvalue weighted by molar-refractivity contribution is 6.37. The van der Waals surface area contributed by atoms with Gasteiger partial charge in [-0.15, -0.1) is 0 Å². The molecule has 0 aromatic heterocycles. The van der Waals surface area contributed by atoms with E-state index in [0.29, 0.717) is 45.3 Å². The van der Waals surface area contributed by atoms with Gasteiger partial charge >= 0.3 is 0 Å². The smallest absolute Gasteiger partial charge is 0.288 e. The minimum absolute atomic E-state index is 0.000177. The van der Waals surface area contributed by atoms with Crippen molar-refractivity contribution in [3.8, 4) is 0 Å². The fourth-order valence-corrected chi connectivity index (χ4v) is 19.6. The van der Waals surface area contributed by atoms with Gasteiger partial charge in [0.05, 0.1) is 43.4 Å². The van der Waals surface area contributed by atoms with Gasteiger partial charge in [0, 0.05) is 57.6 Å². The molecule has 5 amide bonds. The number of nitrogens with one attached hydrogen (secondary N) is 4. The standard InChI is InChI=1S/C113H212N12O19/c1-5-9-13-17-21-25-29-33-37-41-45-49-53-57-61-69-79-124(80-70-62-58-54-50-46-42-38-34-30-26-22-18-14-10-6-2)85-91(127)109(138)121-78-68-66-74-88(115)108(137)123-110-102(134)101(133)97(119)112(144-110)141-104-90(117)83-89(116)98(130)106(104)143-113-103(135)105(93(86-126)140-113)142-111-96(118)100(132)99(131)92(139-111)84-122-107(136)87(114)73-65-67-77-120-94(128)75-76-95(129)125(81-71-63-59-55-51-47-43-39-35-31-27-23-19-15-11-7-3)82-72-64-60-56-52-48-44-40-36-32-28-24-20-16-12-8-4/h33-40,87-90,92-93,96-106,110-113,126,130-135H,5-32,41-86,114-119H2,1-4H3,(H,120,128)(H,121,138)(H,122,136)(H,123,137)/b37-33-,38-34-,39-35-,40-36-/t87-,88-,89+,90?,92?,93+,96+,97?,98?,99+,100?,101+,102-,103?,104+,105-,106+,110?,111+,112-,113-/m0/s1. The van der Waals surface area contributed by atoms with Crippen LogP contribution in [0.15, 0.2) is 48.6 Å². The van der Waals surface area contributed by atoms with E-state index < -0.39 is 159 Å². The van der Waals surface area contributed by atoms with Crippen molar-refractivity contribution in [2.45, 2.75) is 574 Å². The monoisotopic (exact) mass is 2040 g/mol. The van der Waals surface area contributed by atoms with Crippen molar-refractivity contribution in [2.24, 2.45) is 34.4 Å². The number of unbranched alkanes of at least 4 members (excludes halogenated alkanes) is 50. The van der Waals surface area contributed by atoms with E-state index in [1.165, 1.54) is 257 Å². The van der Waals surface area contributed by atoms with Gasteiger partial charge in [-0.05, 0) is 186 Å². The highest BCUT2D eigenvalue weighted by Crippen LogP contribution is 2.36. The van der Waals surface area contributed by atoms with E-state index in [0.717, 1.165) is 116 Å². The van der Waals surface area contributed by atoms with Crippen molar-refractivity contribution in [2.75, 3.05) is 59.0 Å². The van der Waals surface area contributed by atoms with Gasteiger partial charge in [0.25, 0.3) is 5.91 Å². The second kappa shape index (κ2) is 85.7. The van der Waals surface area contributed by atoms with E-state index in [9.17, 15) is 64.5 Å². The molecule has 0 aromatic carbocycles. The summed E-state index contributed by atoms with van der Waals surface area (Å²) in [7, 11) is 0. The van der Waals surface area contributed by atoms with E-state index >= 15 is 0 Å². The van der Waals surface area contributed by atoms with Crippen molar-refractivity contribution in [1.29, 1.82) is 0 Å². The van der Waals surface area contributed by atoms with Crippen molar-refractivity contribution in [3.63, 3.8) is 0 Å². The topological polar surface area (TPSA) is 510 Å². The predicted octanol–water partition coefficient (Wildman–Crippen LogP) is 15.2. The fraction of sp³-hybridized carbons (Fsp3) is 0.876. The van der Waals surface area contributed by atoms with Gasteiger partial charge in [0.1, 0.15) is 61.0 Å². The van der Waals surface area contributed by atoms with Gasteiger partial charge in [0.2, 0.25) is 29.4 Å². The Morgan fingerprint density at radius 3 is 1.12 bits per heavy atom. The largest absolute Gasteiger partial charge is 0.394 e. The SMILES string of the molecule is CCCCCCCC/C=C\CCCCCCCCN(CCCCCCCC/C=C\CCCCCCCC)CC(=O)C(=O)NCCCC[C@H](N)C(=O)NC1O[C@H](O[C@@H]2C(N)C[C@@H](N)C(O)[C@H]2O[C@@H]2O[C@H](CO)[C@H](O[C@H]3OC(CNC(=O)[C@@H](N)CCCCNC(=O)CCC(=O)N(CCCCCCCC/C=C\CCCCCCCC)CCCCCCCC/C=C\CCCCCCCC)[C@@H](O)C(O)[C@H]3N)C2O)C(N)[C@@H](O)[C@@H]1O. The molecule has 4 rings (SSSR count). The van der Waals surface area contributed by atoms with Crippen molar-refractivity contribution in [1.82, 2.24) is 31.1 Å². The molecule has 1 saturated carbocycles. The van der Waals surface area contributed by atoms with E-state index in [2.05, 4.69) is 102 Å². The summed E-state index contributed by atoms with van der Waals surface area (Å²) in [5.74, 6) is -2.77. The molecule has 31 heteroatoms. The van der Waals surface area contributed by atoms with Gasteiger partial charge in [0.15, 0.2) is 25.1 Å². The lowest BCUT2D eigenvalue weighted by atomic mass is 9.84. The number of hydrogen-bond acceptors (Lipinski definition) is 26. The first kappa shape index (κ1) is 131. The number of aliphatic hydroxyl groups is 7. The number of ketones is 1. The third-order valence-electron chi connectivity index (χ3n) is 29.1. The molecule has 0 bridgehead atoms. The molecule has 0 aromatic rings. The zero-order valence-electron chi connectivity index (χ0n) is 90.5. The second-order valence-corrected chi connectivity index (χ2v) is 42.1. The number of amides is 5. The molecule has 3 heterocycles. The molecule has 144 heavy (non-hydrogen) atoms. The lowest BCUT2D eigenvalue weighted by Gasteiger charge is -2.47. The first-order chi connectivity index (χ1) is 69.9. The van der Waals surface area contributed by atoms with Crippen LogP contribution >= 0.6 is 0 Å². The molecule has 31 nitrogen and oxygen atoms in total. The number of aliphatic hydroxyl groups excluding tert-OH is 7. The Hall–Kier alpha value is -4.82.